The van der Waals surface area contributed by atoms with Crippen molar-refractivity contribution in [2.24, 2.45) is 0 Å². The first-order valence-corrected chi connectivity index (χ1v) is 6.23. The van der Waals surface area contributed by atoms with Crippen LogP contribution in [0.25, 0.3) is 0 Å². The fourth-order valence-electron chi connectivity index (χ4n) is 1.71. The Labute approximate surface area is 116 Å². The summed E-state index contributed by atoms with van der Waals surface area (Å²) in [6, 6.07) is 10.6. The number of aryl methyl sites for hydroxylation is 1. The Kier molecular flexibility index (Phi) is 4.02. The Morgan fingerprint density at radius 1 is 1.37 bits per heavy atom. The molecule has 0 aliphatic carbocycles. The number of aromatic carboxylic acids is 1. The van der Waals surface area contributed by atoms with Gasteiger partial charge in [0.25, 0.3) is 0 Å². The van der Waals surface area contributed by atoms with Gasteiger partial charge in [0, 0.05) is 5.69 Å². The highest BCUT2D eigenvalue weighted by Gasteiger charge is 2.12. The van der Waals surface area contributed by atoms with Gasteiger partial charge in [-0.05, 0) is 36.2 Å². The van der Waals surface area contributed by atoms with Crippen molar-refractivity contribution in [3.63, 3.8) is 0 Å². The van der Waals surface area contributed by atoms with Crippen molar-refractivity contribution < 1.29 is 9.90 Å². The number of carboxylic acid groups (broad SMARTS) is 1. The Balaban J connectivity index is 2.36. The predicted molar refractivity (Wildman–Crippen MR) is 75.3 cm³/mol. The second-order valence-electron chi connectivity index (χ2n) is 4.01. The van der Waals surface area contributed by atoms with E-state index in [-0.39, 0.29) is 16.5 Å². The molecule has 0 fully saturated rings. The van der Waals surface area contributed by atoms with E-state index in [4.69, 9.17) is 16.7 Å². The van der Waals surface area contributed by atoms with Gasteiger partial charge < -0.3 is 10.4 Å². The molecular weight excluding hydrogens is 264 g/mol. The molecule has 0 amide bonds. The molecule has 5 heteroatoms. The Morgan fingerprint density at radius 3 is 2.84 bits per heavy atom. The number of rotatable bonds is 4. The van der Waals surface area contributed by atoms with Gasteiger partial charge in [-0.3, -0.25) is 0 Å². The van der Waals surface area contributed by atoms with Gasteiger partial charge in [-0.15, -0.1) is 0 Å². The summed E-state index contributed by atoms with van der Waals surface area (Å²) in [5, 5.41) is 12.4. The SMILES string of the molecule is CCc1cccc(Nc2nc(Cl)ccc2C(=O)O)c1. The van der Waals surface area contributed by atoms with Crippen LogP contribution in [-0.4, -0.2) is 16.1 Å². The molecule has 2 N–H and O–H groups in total. The van der Waals surface area contributed by atoms with E-state index in [0.29, 0.717) is 0 Å². The molecule has 98 valence electrons. The summed E-state index contributed by atoms with van der Waals surface area (Å²) in [6.07, 6.45) is 0.907. The zero-order valence-electron chi connectivity index (χ0n) is 10.4. The second-order valence-corrected chi connectivity index (χ2v) is 4.40. The molecular formula is C14H13ClN2O2. The van der Waals surface area contributed by atoms with E-state index in [9.17, 15) is 4.79 Å². The topological polar surface area (TPSA) is 62.2 Å². The number of hydrogen-bond acceptors (Lipinski definition) is 3. The fourth-order valence-corrected chi connectivity index (χ4v) is 1.86. The third-order valence-electron chi connectivity index (χ3n) is 2.69. The van der Waals surface area contributed by atoms with Gasteiger partial charge in [0.15, 0.2) is 0 Å². The van der Waals surface area contributed by atoms with Crippen molar-refractivity contribution in [2.75, 3.05) is 5.32 Å². The fraction of sp³-hybridized carbons (Fsp3) is 0.143. The molecule has 1 aromatic carbocycles. The molecule has 2 rings (SSSR count). The molecule has 4 nitrogen and oxygen atoms in total. The lowest BCUT2D eigenvalue weighted by Gasteiger charge is -2.09. The average Bonchev–Trinajstić information content (AvgIpc) is 2.38. The zero-order valence-corrected chi connectivity index (χ0v) is 11.1. The highest BCUT2D eigenvalue weighted by molar-refractivity contribution is 6.29. The molecule has 19 heavy (non-hydrogen) atoms. The molecule has 2 aromatic rings. The number of pyridine rings is 1. The molecule has 0 unspecified atom stereocenters. The summed E-state index contributed by atoms with van der Waals surface area (Å²) >= 11 is 5.80. The predicted octanol–water partition coefficient (Wildman–Crippen LogP) is 3.74. The van der Waals surface area contributed by atoms with Gasteiger partial charge in [0.2, 0.25) is 0 Å². The molecule has 0 saturated heterocycles. The first kappa shape index (κ1) is 13.4. The molecule has 1 heterocycles. The van der Waals surface area contributed by atoms with E-state index in [2.05, 4.69) is 17.2 Å². The molecule has 0 aliphatic heterocycles. The summed E-state index contributed by atoms with van der Waals surface area (Å²) in [5.41, 5.74) is 2.03. The lowest BCUT2D eigenvalue weighted by atomic mass is 10.1. The number of hydrogen-bond donors (Lipinski definition) is 2. The highest BCUT2D eigenvalue weighted by atomic mass is 35.5. The van der Waals surface area contributed by atoms with Crippen LogP contribution in [0.1, 0.15) is 22.8 Å². The number of nitrogens with zero attached hydrogens (tertiary/aromatic N) is 1. The van der Waals surface area contributed by atoms with Crippen LogP contribution in [0.2, 0.25) is 5.15 Å². The van der Waals surface area contributed by atoms with Gasteiger partial charge in [0.1, 0.15) is 16.5 Å². The first-order valence-electron chi connectivity index (χ1n) is 5.86. The van der Waals surface area contributed by atoms with Crippen LogP contribution >= 0.6 is 11.6 Å². The van der Waals surface area contributed by atoms with Crippen molar-refractivity contribution in [1.29, 1.82) is 0 Å². The Hall–Kier alpha value is -2.07. The minimum atomic E-state index is -1.04. The zero-order chi connectivity index (χ0) is 13.8. The number of carbonyl (C=O) groups is 1. The van der Waals surface area contributed by atoms with Crippen LogP contribution < -0.4 is 5.32 Å². The molecule has 0 spiro atoms. The molecule has 0 radical (unpaired) electrons. The smallest absolute Gasteiger partial charge is 0.339 e. The molecule has 0 saturated carbocycles. The standard InChI is InChI=1S/C14H13ClN2O2/c1-2-9-4-3-5-10(8-9)16-13-11(14(18)19)6-7-12(15)17-13/h3-8H,2H2,1H3,(H,16,17)(H,18,19). The van der Waals surface area contributed by atoms with Crippen LogP contribution in [0.3, 0.4) is 0 Å². The average molecular weight is 277 g/mol. The van der Waals surface area contributed by atoms with Gasteiger partial charge >= 0.3 is 5.97 Å². The van der Waals surface area contributed by atoms with E-state index in [1.807, 2.05) is 24.3 Å². The van der Waals surface area contributed by atoms with Gasteiger partial charge in [-0.25, -0.2) is 9.78 Å². The van der Waals surface area contributed by atoms with Crippen molar-refractivity contribution in [2.45, 2.75) is 13.3 Å². The monoisotopic (exact) mass is 276 g/mol. The third-order valence-corrected chi connectivity index (χ3v) is 2.90. The number of benzene rings is 1. The van der Waals surface area contributed by atoms with Crippen molar-refractivity contribution >= 4 is 29.1 Å². The Morgan fingerprint density at radius 2 is 2.16 bits per heavy atom. The largest absolute Gasteiger partial charge is 0.478 e. The maximum Gasteiger partial charge on any atom is 0.339 e. The van der Waals surface area contributed by atoms with Crippen LogP contribution in [0.4, 0.5) is 11.5 Å². The van der Waals surface area contributed by atoms with Gasteiger partial charge in [-0.2, -0.15) is 0 Å². The molecule has 0 aliphatic rings. The first-order chi connectivity index (χ1) is 9.10. The lowest BCUT2D eigenvalue weighted by molar-refractivity contribution is 0.0697. The summed E-state index contributed by atoms with van der Waals surface area (Å²) in [6.45, 7) is 2.05. The molecule has 0 atom stereocenters. The number of aromatic nitrogens is 1. The van der Waals surface area contributed by atoms with Crippen LogP contribution in [0, 0.1) is 0 Å². The lowest BCUT2D eigenvalue weighted by Crippen LogP contribution is -2.05. The van der Waals surface area contributed by atoms with Crippen LogP contribution in [-0.2, 0) is 6.42 Å². The van der Waals surface area contributed by atoms with Crippen LogP contribution in [0.15, 0.2) is 36.4 Å². The number of halogens is 1. The van der Waals surface area contributed by atoms with E-state index < -0.39 is 5.97 Å². The summed E-state index contributed by atoms with van der Waals surface area (Å²) < 4.78 is 0. The quantitative estimate of drug-likeness (QED) is 0.835. The molecule has 1 aromatic heterocycles. The summed E-state index contributed by atoms with van der Waals surface area (Å²) in [7, 11) is 0. The number of anilines is 2. The van der Waals surface area contributed by atoms with Crippen molar-refractivity contribution in [1.82, 2.24) is 4.98 Å². The number of nitrogens with one attached hydrogen (secondary N) is 1. The van der Waals surface area contributed by atoms with Crippen LogP contribution in [0.5, 0.6) is 0 Å². The van der Waals surface area contributed by atoms with Crippen molar-refractivity contribution in [3.05, 3.63) is 52.7 Å². The minimum absolute atomic E-state index is 0.0892. The maximum absolute atomic E-state index is 11.1. The van der Waals surface area contributed by atoms with E-state index in [1.165, 1.54) is 12.1 Å². The van der Waals surface area contributed by atoms with E-state index in [1.54, 1.807) is 0 Å². The maximum atomic E-state index is 11.1. The summed E-state index contributed by atoms with van der Waals surface area (Å²) in [4.78, 5) is 15.1. The summed E-state index contributed by atoms with van der Waals surface area (Å²) in [5.74, 6) is -0.799. The van der Waals surface area contributed by atoms with E-state index in [0.717, 1.165) is 17.7 Å². The number of carboxylic acids is 1. The highest BCUT2D eigenvalue weighted by Crippen LogP contribution is 2.22. The normalized spacial score (nSPS) is 10.2. The molecule has 0 bridgehead atoms. The minimum Gasteiger partial charge on any atom is -0.478 e. The third kappa shape index (κ3) is 3.23. The van der Waals surface area contributed by atoms with Gasteiger partial charge in [0.05, 0.1) is 0 Å². The Bertz CT molecular complexity index is 614. The van der Waals surface area contributed by atoms with Gasteiger partial charge in [-0.1, -0.05) is 30.7 Å². The second kappa shape index (κ2) is 5.71. The van der Waals surface area contributed by atoms with Crippen molar-refractivity contribution in [3.8, 4) is 0 Å². The van der Waals surface area contributed by atoms with E-state index >= 15 is 0 Å².